The number of nitrogens with one attached hydrogen (secondary N) is 1. The first-order valence-electron chi connectivity index (χ1n) is 5.46. The molecule has 0 spiro atoms. The van der Waals surface area contributed by atoms with Gasteiger partial charge in [-0.05, 0) is 59.7 Å². The zero-order valence-corrected chi connectivity index (χ0v) is 10.8. The Labute approximate surface area is 104 Å². The number of hydrogen-bond acceptors (Lipinski definition) is 2. The summed E-state index contributed by atoms with van der Waals surface area (Å²) in [7, 11) is 0. The van der Waals surface area contributed by atoms with Gasteiger partial charge in [-0.1, -0.05) is 12.8 Å². The van der Waals surface area contributed by atoms with E-state index in [1.54, 1.807) is 0 Å². The van der Waals surface area contributed by atoms with Gasteiger partial charge in [-0.25, -0.2) is 0 Å². The molecule has 1 aromatic rings. The highest BCUT2D eigenvalue weighted by atomic mass is 127. The Morgan fingerprint density at radius 1 is 1.13 bits per heavy atom. The Balaban J connectivity index is 1.98. The summed E-state index contributed by atoms with van der Waals surface area (Å²) in [5, 5.41) is 13.2. The lowest BCUT2D eigenvalue weighted by molar-refractivity contribution is 0.116. The molecule has 0 heterocycles. The zero-order chi connectivity index (χ0) is 10.7. The largest absolute Gasteiger partial charge is 0.391 e. The van der Waals surface area contributed by atoms with Gasteiger partial charge in [-0.3, -0.25) is 0 Å². The number of rotatable bonds is 2. The maximum absolute atomic E-state index is 9.82. The van der Waals surface area contributed by atoms with Crippen LogP contribution in [0.3, 0.4) is 0 Å². The SMILES string of the molecule is O[C@H]1CCCC[C@@H]1Nc1ccc(I)cc1. The molecule has 1 saturated carbocycles. The molecule has 15 heavy (non-hydrogen) atoms. The van der Waals surface area contributed by atoms with Crippen LogP contribution in [0.5, 0.6) is 0 Å². The average molecular weight is 317 g/mol. The van der Waals surface area contributed by atoms with Crippen LogP contribution in [0.4, 0.5) is 5.69 Å². The van der Waals surface area contributed by atoms with E-state index in [-0.39, 0.29) is 12.1 Å². The van der Waals surface area contributed by atoms with Gasteiger partial charge in [0.1, 0.15) is 0 Å². The van der Waals surface area contributed by atoms with Crippen molar-refractivity contribution in [3.8, 4) is 0 Å². The summed E-state index contributed by atoms with van der Waals surface area (Å²) in [5.41, 5.74) is 1.11. The maximum Gasteiger partial charge on any atom is 0.0741 e. The lowest BCUT2D eigenvalue weighted by atomic mass is 9.92. The number of hydrogen-bond donors (Lipinski definition) is 2. The van der Waals surface area contributed by atoms with Gasteiger partial charge in [-0.2, -0.15) is 0 Å². The summed E-state index contributed by atoms with van der Waals surface area (Å²) in [6.45, 7) is 0. The van der Waals surface area contributed by atoms with Crippen LogP contribution < -0.4 is 5.32 Å². The fraction of sp³-hybridized carbons (Fsp3) is 0.500. The van der Waals surface area contributed by atoms with Crippen LogP contribution in [-0.2, 0) is 0 Å². The second-order valence-corrected chi connectivity index (χ2v) is 5.36. The standard InChI is InChI=1S/C12H16INO/c13-9-5-7-10(8-6-9)14-11-3-1-2-4-12(11)15/h5-8,11-12,14-15H,1-4H2/t11-,12-/m0/s1. The first-order chi connectivity index (χ1) is 7.25. The van der Waals surface area contributed by atoms with E-state index in [2.05, 4.69) is 52.2 Å². The lowest BCUT2D eigenvalue weighted by Gasteiger charge is -2.29. The number of halogens is 1. The molecule has 1 aromatic carbocycles. The predicted molar refractivity (Wildman–Crippen MR) is 71.0 cm³/mol. The summed E-state index contributed by atoms with van der Waals surface area (Å²) in [5.74, 6) is 0. The minimum absolute atomic E-state index is 0.182. The van der Waals surface area contributed by atoms with Crippen molar-refractivity contribution in [3.05, 3.63) is 27.8 Å². The summed E-state index contributed by atoms with van der Waals surface area (Å²) in [6.07, 6.45) is 4.21. The third-order valence-corrected chi connectivity index (χ3v) is 3.64. The van der Waals surface area contributed by atoms with E-state index in [0.717, 1.165) is 24.9 Å². The van der Waals surface area contributed by atoms with Gasteiger partial charge in [0, 0.05) is 9.26 Å². The molecule has 0 bridgehead atoms. The maximum atomic E-state index is 9.82. The van der Waals surface area contributed by atoms with Crippen molar-refractivity contribution in [1.29, 1.82) is 0 Å². The molecule has 0 amide bonds. The number of benzene rings is 1. The fourth-order valence-electron chi connectivity index (χ4n) is 2.04. The molecule has 0 aromatic heterocycles. The monoisotopic (exact) mass is 317 g/mol. The van der Waals surface area contributed by atoms with Gasteiger partial charge in [0.05, 0.1) is 12.1 Å². The van der Waals surface area contributed by atoms with Crippen molar-refractivity contribution in [2.24, 2.45) is 0 Å². The fourth-order valence-corrected chi connectivity index (χ4v) is 2.40. The highest BCUT2D eigenvalue weighted by molar-refractivity contribution is 14.1. The van der Waals surface area contributed by atoms with E-state index in [1.807, 2.05) is 0 Å². The van der Waals surface area contributed by atoms with E-state index >= 15 is 0 Å². The van der Waals surface area contributed by atoms with E-state index in [9.17, 15) is 5.11 Å². The van der Waals surface area contributed by atoms with Crippen LogP contribution in [0.15, 0.2) is 24.3 Å². The highest BCUT2D eigenvalue weighted by Gasteiger charge is 2.22. The molecule has 0 saturated heterocycles. The molecule has 82 valence electrons. The second-order valence-electron chi connectivity index (χ2n) is 4.11. The van der Waals surface area contributed by atoms with E-state index in [1.165, 1.54) is 9.99 Å². The van der Waals surface area contributed by atoms with Gasteiger partial charge in [0.2, 0.25) is 0 Å². The number of aliphatic hydroxyl groups excluding tert-OH is 1. The van der Waals surface area contributed by atoms with Crippen molar-refractivity contribution < 1.29 is 5.11 Å². The Hall–Kier alpha value is -0.290. The summed E-state index contributed by atoms with van der Waals surface area (Å²) in [4.78, 5) is 0. The lowest BCUT2D eigenvalue weighted by Crippen LogP contribution is -2.36. The molecule has 2 rings (SSSR count). The molecule has 0 radical (unpaired) electrons. The first kappa shape index (κ1) is 11.2. The van der Waals surface area contributed by atoms with Crippen LogP contribution >= 0.6 is 22.6 Å². The molecule has 0 aliphatic heterocycles. The Kier molecular flexibility index (Phi) is 3.86. The highest BCUT2D eigenvalue weighted by Crippen LogP contribution is 2.22. The van der Waals surface area contributed by atoms with E-state index in [0.29, 0.717) is 0 Å². The van der Waals surface area contributed by atoms with Gasteiger partial charge in [-0.15, -0.1) is 0 Å². The Morgan fingerprint density at radius 2 is 1.80 bits per heavy atom. The molecule has 1 aliphatic rings. The minimum Gasteiger partial charge on any atom is -0.391 e. The van der Waals surface area contributed by atoms with Gasteiger partial charge in [0.25, 0.3) is 0 Å². The summed E-state index contributed by atoms with van der Waals surface area (Å²) >= 11 is 2.29. The molecule has 1 fully saturated rings. The van der Waals surface area contributed by atoms with Crippen molar-refractivity contribution in [2.75, 3.05) is 5.32 Å². The topological polar surface area (TPSA) is 32.3 Å². The quantitative estimate of drug-likeness (QED) is 0.822. The second kappa shape index (κ2) is 5.16. The van der Waals surface area contributed by atoms with Gasteiger partial charge >= 0.3 is 0 Å². The van der Waals surface area contributed by atoms with Gasteiger partial charge < -0.3 is 10.4 Å². The number of anilines is 1. The molecule has 2 N–H and O–H groups in total. The summed E-state index contributed by atoms with van der Waals surface area (Å²) in [6, 6.07) is 8.54. The Bertz CT molecular complexity index is 312. The molecule has 2 nitrogen and oxygen atoms in total. The van der Waals surface area contributed by atoms with Crippen LogP contribution in [0.25, 0.3) is 0 Å². The normalized spacial score (nSPS) is 26.3. The van der Waals surface area contributed by atoms with Crippen LogP contribution in [0.2, 0.25) is 0 Å². The predicted octanol–water partition coefficient (Wildman–Crippen LogP) is 3.01. The van der Waals surface area contributed by atoms with Crippen LogP contribution in [0, 0.1) is 3.57 Å². The molecular formula is C12H16INO. The van der Waals surface area contributed by atoms with Crippen molar-refractivity contribution in [3.63, 3.8) is 0 Å². The minimum atomic E-state index is -0.182. The van der Waals surface area contributed by atoms with E-state index in [4.69, 9.17) is 0 Å². The molecule has 0 unspecified atom stereocenters. The molecule has 1 aliphatic carbocycles. The average Bonchev–Trinajstić information content (AvgIpc) is 2.25. The third-order valence-electron chi connectivity index (χ3n) is 2.93. The zero-order valence-electron chi connectivity index (χ0n) is 8.62. The molecule has 2 atom stereocenters. The molecular weight excluding hydrogens is 301 g/mol. The van der Waals surface area contributed by atoms with Gasteiger partial charge in [0.15, 0.2) is 0 Å². The van der Waals surface area contributed by atoms with Crippen molar-refractivity contribution in [1.82, 2.24) is 0 Å². The third kappa shape index (κ3) is 3.08. The summed E-state index contributed by atoms with van der Waals surface area (Å²) < 4.78 is 1.24. The first-order valence-corrected chi connectivity index (χ1v) is 6.54. The van der Waals surface area contributed by atoms with E-state index < -0.39 is 0 Å². The van der Waals surface area contributed by atoms with Crippen molar-refractivity contribution in [2.45, 2.75) is 37.8 Å². The smallest absolute Gasteiger partial charge is 0.0741 e. The van der Waals surface area contributed by atoms with Crippen molar-refractivity contribution >= 4 is 28.3 Å². The Morgan fingerprint density at radius 3 is 2.47 bits per heavy atom. The molecule has 3 heteroatoms. The van der Waals surface area contributed by atoms with Crippen LogP contribution in [0.1, 0.15) is 25.7 Å². The number of aliphatic hydroxyl groups is 1. The van der Waals surface area contributed by atoms with Crippen LogP contribution in [-0.4, -0.2) is 17.3 Å².